The fourth-order valence-corrected chi connectivity index (χ4v) is 13.8. The third kappa shape index (κ3) is 5.28. The minimum absolute atomic E-state index is 0.0194. The second-order valence-electron chi connectivity index (χ2n) is 19.5. The van der Waals surface area contributed by atoms with Crippen LogP contribution in [0.25, 0.3) is 44.5 Å². The van der Waals surface area contributed by atoms with Gasteiger partial charge in [0.05, 0.1) is 11.1 Å². The number of rotatable bonds is 4. The van der Waals surface area contributed by atoms with Crippen molar-refractivity contribution in [2.75, 3.05) is 9.80 Å². The fraction of sp³-hybridized carbons (Fsp3) is 0.0794. The maximum atomic E-state index is 2.65. The summed E-state index contributed by atoms with van der Waals surface area (Å²) in [7, 11) is 0. The molecule has 316 valence electrons. The van der Waals surface area contributed by atoms with E-state index in [4.69, 9.17) is 0 Å². The van der Waals surface area contributed by atoms with Crippen LogP contribution in [0.3, 0.4) is 0 Å². The van der Waals surface area contributed by atoms with Gasteiger partial charge in [-0.2, -0.15) is 0 Å². The van der Waals surface area contributed by atoms with Crippen LogP contribution in [0.15, 0.2) is 218 Å². The van der Waals surface area contributed by atoms with Gasteiger partial charge in [-0.15, -0.1) is 11.3 Å². The maximum absolute atomic E-state index is 2.65. The molecule has 3 heterocycles. The Bertz CT molecular complexity index is 3600. The van der Waals surface area contributed by atoms with Gasteiger partial charge in [0.2, 0.25) is 0 Å². The van der Waals surface area contributed by atoms with Crippen molar-refractivity contribution in [1.29, 1.82) is 0 Å². The second-order valence-corrected chi connectivity index (χ2v) is 20.6. The van der Waals surface area contributed by atoms with Crippen molar-refractivity contribution < 1.29 is 0 Å². The van der Waals surface area contributed by atoms with E-state index < -0.39 is 5.41 Å². The number of benzene rings is 9. The van der Waals surface area contributed by atoms with Crippen molar-refractivity contribution in [3.05, 3.63) is 246 Å². The third-order valence-electron chi connectivity index (χ3n) is 15.0. The normalized spacial score (nSPS) is 14.2. The Morgan fingerprint density at radius 2 is 0.910 bits per heavy atom. The summed E-state index contributed by atoms with van der Waals surface area (Å²) in [5.74, 6) is 0. The van der Waals surface area contributed by atoms with Gasteiger partial charge in [0.1, 0.15) is 0 Å². The van der Waals surface area contributed by atoms with E-state index in [1.807, 2.05) is 0 Å². The molecule has 0 fully saturated rings. The lowest BCUT2D eigenvalue weighted by molar-refractivity contribution is 0.590. The van der Waals surface area contributed by atoms with Crippen molar-refractivity contribution in [3.8, 4) is 44.5 Å². The topological polar surface area (TPSA) is 6.48 Å². The minimum atomic E-state index is -0.451. The SMILES string of the molecule is CC(C)(C)c1cc2c3c(c1)N(c1ccccc1)c1c(sc4c1-c1ccccc1C41c4ccccc4-c4ccccc41)B3c1ccc(-c3ccccc3-c3ccccc3)cc1N2c1ccccc1. The van der Waals surface area contributed by atoms with Crippen molar-refractivity contribution >= 4 is 67.9 Å². The van der Waals surface area contributed by atoms with Crippen molar-refractivity contribution in [2.24, 2.45) is 0 Å². The minimum Gasteiger partial charge on any atom is -0.311 e. The first-order valence-electron chi connectivity index (χ1n) is 23.6. The van der Waals surface area contributed by atoms with Crippen LogP contribution >= 0.6 is 11.3 Å². The summed E-state index contributed by atoms with van der Waals surface area (Å²) >= 11 is 2.05. The highest BCUT2D eigenvalue weighted by Gasteiger charge is 2.57. The van der Waals surface area contributed by atoms with Gasteiger partial charge in [-0.25, -0.2) is 0 Å². The van der Waals surface area contributed by atoms with Crippen molar-refractivity contribution in [2.45, 2.75) is 31.6 Å². The zero-order chi connectivity index (χ0) is 44.6. The molecule has 0 saturated carbocycles. The van der Waals surface area contributed by atoms with Crippen molar-refractivity contribution in [1.82, 2.24) is 0 Å². The summed E-state index contributed by atoms with van der Waals surface area (Å²) < 4.78 is 1.40. The first kappa shape index (κ1) is 38.6. The highest BCUT2D eigenvalue weighted by molar-refractivity contribution is 7.30. The molecule has 1 spiro atoms. The van der Waals surface area contributed by atoms with Gasteiger partial charge in [-0.1, -0.05) is 197 Å². The molecule has 9 aromatic carbocycles. The Balaban J connectivity index is 1.12. The Morgan fingerprint density at radius 1 is 0.433 bits per heavy atom. The standard InChI is InChI=1S/C63H45BN2S/c1-62(2,3)42-38-55-58-56(39-42)66(44-25-11-6-12-26-44)59-57-49-31-17-20-34-52(49)63(50-32-18-15-29-47(50)48-30-16-19-33-51(48)63)60(57)67-61(59)64(58)53-36-35-41(37-54(53)65(55)43-23-9-5-10-24-43)46-28-14-13-27-45(46)40-21-7-4-8-22-40/h4-39H,1-3H3. The van der Waals surface area contributed by atoms with Crippen LogP contribution < -0.4 is 25.5 Å². The average Bonchev–Trinajstić information content (AvgIpc) is 4.01. The molecule has 0 radical (unpaired) electrons. The molecule has 2 aliphatic heterocycles. The number of fused-ring (bicyclic) bond motifs is 15. The molecular weight excluding hydrogens is 828 g/mol. The summed E-state index contributed by atoms with van der Waals surface area (Å²) in [6.45, 7) is 7.06. The monoisotopic (exact) mass is 872 g/mol. The van der Waals surface area contributed by atoms with Crippen LogP contribution in [-0.2, 0) is 10.8 Å². The van der Waals surface area contributed by atoms with Crippen LogP contribution in [0.5, 0.6) is 0 Å². The Kier molecular flexibility index (Phi) is 8.17. The Hall–Kier alpha value is -7.66. The molecule has 2 nitrogen and oxygen atoms in total. The molecule has 0 unspecified atom stereocenters. The zero-order valence-corrected chi connectivity index (χ0v) is 38.5. The molecule has 0 amide bonds. The lowest BCUT2D eigenvalue weighted by Crippen LogP contribution is -2.60. The average molecular weight is 873 g/mol. The highest BCUT2D eigenvalue weighted by atomic mass is 32.1. The summed E-state index contributed by atoms with van der Waals surface area (Å²) in [5, 5.41) is 0. The van der Waals surface area contributed by atoms with E-state index in [9.17, 15) is 0 Å². The van der Waals surface area contributed by atoms with E-state index in [0.29, 0.717) is 0 Å². The number of nitrogens with zero attached hydrogens (tertiary/aromatic N) is 2. The van der Waals surface area contributed by atoms with Crippen LogP contribution in [0.4, 0.5) is 34.1 Å². The molecule has 0 atom stereocenters. The van der Waals surface area contributed by atoms with Gasteiger partial charge >= 0.3 is 0 Å². The van der Waals surface area contributed by atoms with E-state index >= 15 is 0 Å². The molecule has 10 aromatic rings. The lowest BCUT2D eigenvalue weighted by Gasteiger charge is -2.44. The molecule has 67 heavy (non-hydrogen) atoms. The zero-order valence-electron chi connectivity index (χ0n) is 37.7. The highest BCUT2D eigenvalue weighted by Crippen LogP contribution is 2.67. The number of anilines is 6. The van der Waals surface area contributed by atoms with Crippen LogP contribution in [0.1, 0.15) is 47.9 Å². The van der Waals surface area contributed by atoms with Gasteiger partial charge < -0.3 is 9.80 Å². The van der Waals surface area contributed by atoms with Crippen LogP contribution in [0, 0.1) is 0 Å². The summed E-state index contributed by atoms with van der Waals surface area (Å²) in [5.41, 5.74) is 25.1. The molecule has 0 N–H and O–H groups in total. The Morgan fingerprint density at radius 3 is 1.51 bits per heavy atom. The number of thiophene rings is 1. The van der Waals surface area contributed by atoms with Gasteiger partial charge in [0.15, 0.2) is 0 Å². The number of hydrogen-bond acceptors (Lipinski definition) is 3. The molecule has 1 aromatic heterocycles. The van der Waals surface area contributed by atoms with Crippen molar-refractivity contribution in [3.63, 3.8) is 0 Å². The summed E-state index contributed by atoms with van der Waals surface area (Å²) in [6.07, 6.45) is 0. The van der Waals surface area contributed by atoms with E-state index in [-0.39, 0.29) is 12.1 Å². The first-order valence-corrected chi connectivity index (χ1v) is 24.4. The van der Waals surface area contributed by atoms with E-state index in [0.717, 1.165) is 5.69 Å². The molecule has 0 bridgehead atoms. The van der Waals surface area contributed by atoms with E-state index in [1.54, 1.807) is 0 Å². The maximum Gasteiger partial charge on any atom is 0.264 e. The van der Waals surface area contributed by atoms with Crippen LogP contribution in [0.2, 0.25) is 0 Å². The summed E-state index contributed by atoms with van der Waals surface area (Å²) in [6, 6.07) is 82.1. The second kappa shape index (κ2) is 14.2. The van der Waals surface area contributed by atoms with Crippen LogP contribution in [-0.4, -0.2) is 6.71 Å². The lowest BCUT2D eigenvalue weighted by atomic mass is 9.36. The molecule has 2 aliphatic carbocycles. The largest absolute Gasteiger partial charge is 0.311 e. The summed E-state index contributed by atoms with van der Waals surface area (Å²) in [4.78, 5) is 6.64. The quantitative estimate of drug-likeness (QED) is 0.163. The van der Waals surface area contributed by atoms with Gasteiger partial charge in [0, 0.05) is 43.7 Å². The fourth-order valence-electron chi connectivity index (χ4n) is 12.1. The van der Waals surface area contributed by atoms with Gasteiger partial charge in [0.25, 0.3) is 6.71 Å². The molecule has 0 saturated heterocycles. The number of para-hydroxylation sites is 2. The number of hydrogen-bond donors (Lipinski definition) is 0. The van der Waals surface area contributed by atoms with Gasteiger partial charge in [-0.05, 0) is 120 Å². The third-order valence-corrected chi connectivity index (χ3v) is 16.4. The predicted octanol–water partition coefficient (Wildman–Crippen LogP) is 14.8. The molecule has 4 aliphatic rings. The molecule has 14 rings (SSSR count). The van der Waals surface area contributed by atoms with Gasteiger partial charge in [-0.3, -0.25) is 0 Å². The molecular formula is C63H45BN2S. The van der Waals surface area contributed by atoms with E-state index in [1.165, 1.54) is 116 Å². The van der Waals surface area contributed by atoms with E-state index in [2.05, 4.69) is 260 Å². The smallest absolute Gasteiger partial charge is 0.264 e. The first-order chi connectivity index (χ1) is 32.9. The predicted molar refractivity (Wildman–Crippen MR) is 284 cm³/mol. The Labute approximate surface area is 397 Å². The molecule has 4 heteroatoms.